The van der Waals surface area contributed by atoms with Gasteiger partial charge in [-0.25, -0.2) is 0 Å². The van der Waals surface area contributed by atoms with Gasteiger partial charge in [0.1, 0.15) is 0 Å². The SMILES string of the molecule is CCNC1CCCC1c1ccoc1. The summed E-state index contributed by atoms with van der Waals surface area (Å²) < 4.78 is 5.13. The van der Waals surface area contributed by atoms with Gasteiger partial charge < -0.3 is 9.73 Å². The van der Waals surface area contributed by atoms with Gasteiger partial charge >= 0.3 is 0 Å². The summed E-state index contributed by atoms with van der Waals surface area (Å²) in [6, 6.07) is 2.77. The van der Waals surface area contributed by atoms with Crippen LogP contribution in [0, 0.1) is 0 Å². The van der Waals surface area contributed by atoms with Gasteiger partial charge in [-0.15, -0.1) is 0 Å². The smallest absolute Gasteiger partial charge is 0.0937 e. The third-order valence-electron chi connectivity index (χ3n) is 2.95. The second-order valence-corrected chi connectivity index (χ2v) is 3.76. The highest BCUT2D eigenvalue weighted by molar-refractivity contribution is 5.17. The lowest BCUT2D eigenvalue weighted by atomic mass is 9.97. The number of nitrogens with one attached hydrogen (secondary N) is 1. The Morgan fingerprint density at radius 3 is 3.15 bits per heavy atom. The van der Waals surface area contributed by atoms with Gasteiger partial charge in [0, 0.05) is 12.0 Å². The maximum absolute atomic E-state index is 5.13. The molecule has 1 saturated carbocycles. The van der Waals surface area contributed by atoms with Crippen LogP contribution in [-0.4, -0.2) is 12.6 Å². The van der Waals surface area contributed by atoms with Gasteiger partial charge in [0.15, 0.2) is 0 Å². The van der Waals surface area contributed by atoms with Crippen molar-refractivity contribution in [1.82, 2.24) is 5.32 Å². The fraction of sp³-hybridized carbons (Fsp3) is 0.636. The summed E-state index contributed by atoms with van der Waals surface area (Å²) in [6.07, 6.45) is 7.62. The summed E-state index contributed by atoms with van der Waals surface area (Å²) in [5.41, 5.74) is 1.36. The number of furan rings is 1. The average Bonchev–Trinajstić information content (AvgIpc) is 2.71. The van der Waals surface area contributed by atoms with E-state index in [4.69, 9.17) is 4.42 Å². The van der Waals surface area contributed by atoms with Crippen LogP contribution >= 0.6 is 0 Å². The molecule has 1 N–H and O–H groups in total. The molecule has 0 bridgehead atoms. The fourth-order valence-electron chi connectivity index (χ4n) is 2.35. The van der Waals surface area contributed by atoms with Crippen LogP contribution in [0.1, 0.15) is 37.7 Å². The zero-order valence-corrected chi connectivity index (χ0v) is 8.12. The monoisotopic (exact) mass is 179 g/mol. The van der Waals surface area contributed by atoms with E-state index in [2.05, 4.69) is 18.3 Å². The standard InChI is InChI=1S/C11H17NO/c1-2-12-11-5-3-4-10(11)9-6-7-13-8-9/h6-8,10-12H,2-5H2,1H3. The molecule has 0 aromatic carbocycles. The van der Waals surface area contributed by atoms with E-state index in [-0.39, 0.29) is 0 Å². The second kappa shape index (κ2) is 3.97. The first kappa shape index (κ1) is 8.82. The molecule has 0 radical (unpaired) electrons. The van der Waals surface area contributed by atoms with Gasteiger partial charge in [-0.2, -0.15) is 0 Å². The molecule has 1 aromatic heterocycles. The average molecular weight is 179 g/mol. The Hall–Kier alpha value is -0.760. The minimum atomic E-state index is 0.669. The highest BCUT2D eigenvalue weighted by atomic mass is 16.3. The van der Waals surface area contributed by atoms with Gasteiger partial charge in [-0.1, -0.05) is 13.3 Å². The Balaban J connectivity index is 2.05. The van der Waals surface area contributed by atoms with Crippen LogP contribution in [0.25, 0.3) is 0 Å². The molecule has 2 atom stereocenters. The van der Waals surface area contributed by atoms with E-state index >= 15 is 0 Å². The van der Waals surface area contributed by atoms with Crippen molar-refractivity contribution in [2.45, 2.75) is 38.1 Å². The summed E-state index contributed by atoms with van der Waals surface area (Å²) in [5, 5.41) is 3.54. The van der Waals surface area contributed by atoms with Crippen molar-refractivity contribution in [2.24, 2.45) is 0 Å². The molecule has 1 aliphatic carbocycles. The Morgan fingerprint density at radius 1 is 1.54 bits per heavy atom. The van der Waals surface area contributed by atoms with E-state index < -0.39 is 0 Å². The van der Waals surface area contributed by atoms with Gasteiger partial charge in [0.05, 0.1) is 12.5 Å². The summed E-state index contributed by atoms with van der Waals surface area (Å²) in [4.78, 5) is 0. The van der Waals surface area contributed by atoms with E-state index in [0.717, 1.165) is 6.54 Å². The van der Waals surface area contributed by atoms with Crippen LogP contribution in [0.5, 0.6) is 0 Å². The Labute approximate surface area is 79.3 Å². The van der Waals surface area contributed by atoms with Crippen LogP contribution < -0.4 is 5.32 Å². The molecule has 1 fully saturated rings. The first-order valence-corrected chi connectivity index (χ1v) is 5.17. The lowest BCUT2D eigenvalue weighted by molar-refractivity contribution is 0.485. The highest BCUT2D eigenvalue weighted by Crippen LogP contribution is 2.34. The molecule has 1 aromatic rings. The zero-order valence-electron chi connectivity index (χ0n) is 8.12. The van der Waals surface area contributed by atoms with Crippen molar-refractivity contribution in [3.05, 3.63) is 24.2 Å². The molecule has 1 aliphatic rings. The first-order chi connectivity index (χ1) is 6.42. The molecule has 2 heteroatoms. The predicted molar refractivity (Wildman–Crippen MR) is 52.8 cm³/mol. The molecule has 0 spiro atoms. The van der Waals surface area contributed by atoms with E-state index in [9.17, 15) is 0 Å². The van der Waals surface area contributed by atoms with Crippen LogP contribution in [0.15, 0.2) is 23.0 Å². The van der Waals surface area contributed by atoms with Crippen LogP contribution in [0.4, 0.5) is 0 Å². The fourth-order valence-corrected chi connectivity index (χ4v) is 2.35. The van der Waals surface area contributed by atoms with E-state index in [0.29, 0.717) is 12.0 Å². The van der Waals surface area contributed by atoms with Crippen LogP contribution in [0.2, 0.25) is 0 Å². The van der Waals surface area contributed by atoms with Crippen molar-refractivity contribution in [2.75, 3.05) is 6.54 Å². The van der Waals surface area contributed by atoms with Gasteiger partial charge in [-0.05, 0) is 31.0 Å². The number of hydrogen-bond donors (Lipinski definition) is 1. The lowest BCUT2D eigenvalue weighted by Gasteiger charge is -2.18. The van der Waals surface area contributed by atoms with Crippen LogP contribution in [-0.2, 0) is 0 Å². The van der Waals surface area contributed by atoms with E-state index in [1.165, 1.54) is 24.8 Å². The minimum Gasteiger partial charge on any atom is -0.472 e. The molecule has 72 valence electrons. The summed E-state index contributed by atoms with van der Waals surface area (Å²) >= 11 is 0. The maximum Gasteiger partial charge on any atom is 0.0937 e. The molecule has 1 heterocycles. The van der Waals surface area contributed by atoms with Crippen molar-refractivity contribution in [3.8, 4) is 0 Å². The molecule has 0 saturated heterocycles. The normalized spacial score (nSPS) is 28.1. The third-order valence-corrected chi connectivity index (χ3v) is 2.95. The molecular formula is C11H17NO. The Morgan fingerprint density at radius 2 is 2.46 bits per heavy atom. The number of rotatable bonds is 3. The quantitative estimate of drug-likeness (QED) is 0.771. The molecule has 2 rings (SSSR count). The van der Waals surface area contributed by atoms with E-state index in [1.54, 1.807) is 6.26 Å². The summed E-state index contributed by atoms with van der Waals surface area (Å²) in [6.45, 7) is 3.24. The molecule has 2 nitrogen and oxygen atoms in total. The van der Waals surface area contributed by atoms with Gasteiger partial charge in [0.2, 0.25) is 0 Å². The highest BCUT2D eigenvalue weighted by Gasteiger charge is 2.28. The van der Waals surface area contributed by atoms with Gasteiger partial charge in [-0.3, -0.25) is 0 Å². The topological polar surface area (TPSA) is 25.2 Å². The Bertz CT molecular complexity index is 243. The van der Waals surface area contributed by atoms with Crippen molar-refractivity contribution >= 4 is 0 Å². The molecule has 0 amide bonds. The van der Waals surface area contributed by atoms with Crippen LogP contribution in [0.3, 0.4) is 0 Å². The van der Waals surface area contributed by atoms with Gasteiger partial charge in [0.25, 0.3) is 0 Å². The second-order valence-electron chi connectivity index (χ2n) is 3.76. The molecule has 0 aliphatic heterocycles. The number of likely N-dealkylation sites (N-methyl/N-ethyl adjacent to an activating group) is 1. The lowest BCUT2D eigenvalue weighted by Crippen LogP contribution is -2.30. The molecule has 2 unspecified atom stereocenters. The molecular weight excluding hydrogens is 162 g/mol. The largest absolute Gasteiger partial charge is 0.472 e. The van der Waals surface area contributed by atoms with Crippen molar-refractivity contribution in [3.63, 3.8) is 0 Å². The minimum absolute atomic E-state index is 0.669. The third kappa shape index (κ3) is 1.78. The number of hydrogen-bond acceptors (Lipinski definition) is 2. The summed E-state index contributed by atoms with van der Waals surface area (Å²) in [7, 11) is 0. The van der Waals surface area contributed by atoms with Crippen molar-refractivity contribution in [1.29, 1.82) is 0 Å². The molecule has 13 heavy (non-hydrogen) atoms. The van der Waals surface area contributed by atoms with E-state index in [1.807, 2.05) is 6.26 Å². The maximum atomic E-state index is 5.13. The first-order valence-electron chi connectivity index (χ1n) is 5.17. The van der Waals surface area contributed by atoms with Crippen molar-refractivity contribution < 1.29 is 4.42 Å². The zero-order chi connectivity index (χ0) is 9.10. The predicted octanol–water partition coefficient (Wildman–Crippen LogP) is 2.53. The summed E-state index contributed by atoms with van der Waals surface area (Å²) in [5.74, 6) is 0.679. The Kier molecular flexibility index (Phi) is 2.69.